The molecule has 1 fully saturated rings. The van der Waals surface area contributed by atoms with Gasteiger partial charge in [0.2, 0.25) is 0 Å². The van der Waals surface area contributed by atoms with Gasteiger partial charge in [-0.1, -0.05) is 22.0 Å². The zero-order valence-electron chi connectivity index (χ0n) is 9.09. The highest BCUT2D eigenvalue weighted by molar-refractivity contribution is 9.10. The van der Waals surface area contributed by atoms with Crippen LogP contribution in [-0.4, -0.2) is 14.2 Å². The fourth-order valence-corrected chi connectivity index (χ4v) is 2.57. The Kier molecular flexibility index (Phi) is 3.32. The third-order valence-corrected chi connectivity index (χ3v) is 3.63. The van der Waals surface area contributed by atoms with Crippen molar-refractivity contribution in [3.8, 4) is 5.75 Å². The van der Waals surface area contributed by atoms with Gasteiger partial charge in [-0.2, -0.15) is 0 Å². The van der Waals surface area contributed by atoms with Crippen molar-refractivity contribution in [1.29, 1.82) is 0 Å². The van der Waals surface area contributed by atoms with Crippen LogP contribution in [0.1, 0.15) is 24.4 Å². The van der Waals surface area contributed by atoms with Crippen LogP contribution in [0.2, 0.25) is 0 Å². The van der Waals surface area contributed by atoms with Crippen molar-refractivity contribution < 1.29 is 4.74 Å². The minimum absolute atomic E-state index is 0.477. The molecule has 1 aliphatic carbocycles. The summed E-state index contributed by atoms with van der Waals surface area (Å²) < 4.78 is 6.32. The molecule has 1 atom stereocenters. The quantitative estimate of drug-likeness (QED) is 0.907. The normalized spacial score (nSPS) is 17.5. The topological polar surface area (TPSA) is 21.3 Å². The zero-order chi connectivity index (χ0) is 10.8. The summed E-state index contributed by atoms with van der Waals surface area (Å²) in [5, 5.41) is 3.39. The Bertz CT molecular complexity index is 349. The highest BCUT2D eigenvalue weighted by Crippen LogP contribution is 2.43. The van der Waals surface area contributed by atoms with Crippen LogP contribution in [0.15, 0.2) is 22.7 Å². The van der Waals surface area contributed by atoms with Crippen molar-refractivity contribution in [2.75, 3.05) is 14.2 Å². The van der Waals surface area contributed by atoms with Crippen LogP contribution in [-0.2, 0) is 0 Å². The summed E-state index contributed by atoms with van der Waals surface area (Å²) in [6, 6.07) is 6.67. The summed E-state index contributed by atoms with van der Waals surface area (Å²) in [6.45, 7) is 0. The highest BCUT2D eigenvalue weighted by Gasteiger charge is 2.32. The lowest BCUT2D eigenvalue weighted by Gasteiger charge is -2.18. The van der Waals surface area contributed by atoms with E-state index < -0.39 is 0 Å². The highest BCUT2D eigenvalue weighted by atomic mass is 79.9. The molecule has 0 radical (unpaired) electrons. The molecule has 2 nitrogen and oxygen atoms in total. The second-order valence-corrected chi connectivity index (χ2v) is 4.85. The fraction of sp³-hybridized carbons (Fsp3) is 0.500. The number of hydrogen-bond acceptors (Lipinski definition) is 2. The summed E-state index contributed by atoms with van der Waals surface area (Å²) >= 11 is 3.61. The first kappa shape index (κ1) is 11.0. The Morgan fingerprint density at radius 3 is 2.67 bits per heavy atom. The van der Waals surface area contributed by atoms with Crippen LogP contribution < -0.4 is 10.1 Å². The van der Waals surface area contributed by atoms with E-state index in [0.29, 0.717) is 6.04 Å². The average Bonchev–Trinajstić information content (AvgIpc) is 3.05. The van der Waals surface area contributed by atoms with Crippen molar-refractivity contribution in [2.45, 2.75) is 18.9 Å². The standard InChI is InChI=1S/C12H16BrNO/c1-14-12(8-3-4-8)10-6-5-9(15-2)7-11(10)13/h5-8,12,14H,3-4H2,1-2H3. The van der Waals surface area contributed by atoms with Crippen LogP contribution in [0.3, 0.4) is 0 Å². The number of halogens is 1. The molecule has 0 aromatic heterocycles. The molecule has 1 saturated carbocycles. The molecule has 0 spiro atoms. The molecule has 1 aliphatic rings. The minimum atomic E-state index is 0.477. The minimum Gasteiger partial charge on any atom is -0.497 e. The molecule has 82 valence electrons. The van der Waals surface area contributed by atoms with E-state index in [2.05, 4.69) is 27.3 Å². The molecule has 0 bridgehead atoms. The first-order valence-corrected chi connectivity index (χ1v) is 6.06. The van der Waals surface area contributed by atoms with Crippen LogP contribution in [0, 0.1) is 5.92 Å². The summed E-state index contributed by atoms with van der Waals surface area (Å²) in [7, 11) is 3.72. The van der Waals surface area contributed by atoms with E-state index in [1.54, 1.807) is 7.11 Å². The molecule has 1 aromatic carbocycles. The number of methoxy groups -OCH3 is 1. The second kappa shape index (κ2) is 4.54. The first-order chi connectivity index (χ1) is 7.26. The first-order valence-electron chi connectivity index (χ1n) is 5.27. The maximum absolute atomic E-state index is 5.19. The molecule has 3 heteroatoms. The van der Waals surface area contributed by atoms with E-state index in [0.717, 1.165) is 16.1 Å². The largest absolute Gasteiger partial charge is 0.497 e. The molecule has 1 N–H and O–H groups in total. The lowest BCUT2D eigenvalue weighted by atomic mass is 10.0. The zero-order valence-corrected chi connectivity index (χ0v) is 10.7. The molecule has 0 saturated heterocycles. The monoisotopic (exact) mass is 269 g/mol. The maximum atomic E-state index is 5.19. The van der Waals surface area contributed by atoms with E-state index in [1.807, 2.05) is 19.2 Å². The Balaban J connectivity index is 2.26. The van der Waals surface area contributed by atoms with Crippen LogP contribution in [0.25, 0.3) is 0 Å². The Morgan fingerprint density at radius 2 is 2.20 bits per heavy atom. The van der Waals surface area contributed by atoms with Crippen LogP contribution in [0.5, 0.6) is 5.75 Å². The Hall–Kier alpha value is -0.540. The van der Waals surface area contributed by atoms with Gasteiger partial charge >= 0.3 is 0 Å². The predicted molar refractivity (Wildman–Crippen MR) is 65.2 cm³/mol. The predicted octanol–water partition coefficient (Wildman–Crippen LogP) is 3.13. The molecule has 1 unspecified atom stereocenters. The molecule has 1 aromatic rings. The molecular formula is C12H16BrNO. The van der Waals surface area contributed by atoms with Crippen molar-refractivity contribution in [3.05, 3.63) is 28.2 Å². The molecule has 0 aliphatic heterocycles. The lowest BCUT2D eigenvalue weighted by Crippen LogP contribution is -2.18. The van der Waals surface area contributed by atoms with Crippen molar-refractivity contribution >= 4 is 15.9 Å². The van der Waals surface area contributed by atoms with Gasteiger partial charge in [-0.3, -0.25) is 0 Å². The lowest BCUT2D eigenvalue weighted by molar-refractivity contribution is 0.413. The number of ether oxygens (including phenoxy) is 1. The van der Waals surface area contributed by atoms with Crippen LogP contribution in [0.4, 0.5) is 0 Å². The number of benzene rings is 1. The van der Waals surface area contributed by atoms with Crippen LogP contribution >= 0.6 is 15.9 Å². The van der Waals surface area contributed by atoms with E-state index in [4.69, 9.17) is 4.74 Å². The summed E-state index contributed by atoms with van der Waals surface area (Å²) in [5.41, 5.74) is 1.33. The smallest absolute Gasteiger partial charge is 0.120 e. The number of rotatable bonds is 4. The third-order valence-electron chi connectivity index (χ3n) is 2.95. The van der Waals surface area contributed by atoms with Crippen molar-refractivity contribution in [1.82, 2.24) is 5.32 Å². The maximum Gasteiger partial charge on any atom is 0.120 e. The van der Waals surface area contributed by atoms with Gasteiger partial charge < -0.3 is 10.1 Å². The fourth-order valence-electron chi connectivity index (χ4n) is 1.96. The molecule has 0 heterocycles. The van der Waals surface area contributed by atoms with E-state index in [-0.39, 0.29) is 0 Å². The van der Waals surface area contributed by atoms with Gasteiger partial charge in [0, 0.05) is 10.5 Å². The Morgan fingerprint density at radius 1 is 1.47 bits per heavy atom. The van der Waals surface area contributed by atoms with Gasteiger partial charge in [-0.15, -0.1) is 0 Å². The van der Waals surface area contributed by atoms with Gasteiger partial charge in [0.15, 0.2) is 0 Å². The molecular weight excluding hydrogens is 254 g/mol. The van der Waals surface area contributed by atoms with Gasteiger partial charge in [0.05, 0.1) is 7.11 Å². The van der Waals surface area contributed by atoms with Gasteiger partial charge in [-0.25, -0.2) is 0 Å². The van der Waals surface area contributed by atoms with E-state index >= 15 is 0 Å². The van der Waals surface area contributed by atoms with Crippen molar-refractivity contribution in [3.63, 3.8) is 0 Å². The molecule has 0 amide bonds. The number of hydrogen-bond donors (Lipinski definition) is 1. The summed E-state index contributed by atoms with van der Waals surface area (Å²) in [6.07, 6.45) is 2.67. The van der Waals surface area contributed by atoms with E-state index in [1.165, 1.54) is 18.4 Å². The van der Waals surface area contributed by atoms with Crippen molar-refractivity contribution in [2.24, 2.45) is 5.92 Å². The average molecular weight is 270 g/mol. The summed E-state index contributed by atoms with van der Waals surface area (Å²) in [5.74, 6) is 1.70. The Labute approximate surface area is 99.1 Å². The van der Waals surface area contributed by atoms with E-state index in [9.17, 15) is 0 Å². The second-order valence-electron chi connectivity index (χ2n) is 3.99. The van der Waals surface area contributed by atoms with Gasteiger partial charge in [0.1, 0.15) is 5.75 Å². The number of nitrogens with one attached hydrogen (secondary N) is 1. The molecule has 2 rings (SSSR count). The third kappa shape index (κ3) is 2.34. The SMILES string of the molecule is CNC(c1ccc(OC)cc1Br)C1CC1. The van der Waals surface area contributed by atoms with Gasteiger partial charge in [0.25, 0.3) is 0 Å². The summed E-state index contributed by atoms with van der Waals surface area (Å²) in [4.78, 5) is 0. The molecule has 15 heavy (non-hydrogen) atoms. The van der Waals surface area contributed by atoms with Gasteiger partial charge in [-0.05, 0) is 43.5 Å².